The van der Waals surface area contributed by atoms with Gasteiger partial charge in [0.05, 0.1) is 24.7 Å². The normalized spacial score (nSPS) is 10.6. The first-order valence-corrected chi connectivity index (χ1v) is 8.47. The number of rotatable bonds is 6. The van der Waals surface area contributed by atoms with Crippen LogP contribution in [0.25, 0.3) is 5.82 Å². The van der Waals surface area contributed by atoms with Gasteiger partial charge in [-0.15, -0.1) is 0 Å². The number of ether oxygens (including phenoxy) is 1. The minimum absolute atomic E-state index is 0.0403. The zero-order valence-corrected chi connectivity index (χ0v) is 15.2. The van der Waals surface area contributed by atoms with Crippen molar-refractivity contribution in [2.24, 2.45) is 0 Å². The van der Waals surface area contributed by atoms with Crippen molar-refractivity contribution in [3.63, 3.8) is 0 Å². The molecule has 0 aliphatic carbocycles. The molecule has 1 aromatic carbocycles. The van der Waals surface area contributed by atoms with E-state index in [0.29, 0.717) is 18.5 Å². The Labute approximate surface area is 152 Å². The summed E-state index contributed by atoms with van der Waals surface area (Å²) in [6.45, 7) is 3.93. The van der Waals surface area contributed by atoms with E-state index < -0.39 is 0 Å². The molecular formula is C20H22N4O2. The van der Waals surface area contributed by atoms with Crippen molar-refractivity contribution in [3.05, 3.63) is 65.6 Å². The summed E-state index contributed by atoms with van der Waals surface area (Å²) in [4.78, 5) is 16.5. The van der Waals surface area contributed by atoms with E-state index in [9.17, 15) is 4.79 Å². The van der Waals surface area contributed by atoms with Gasteiger partial charge in [0.2, 0.25) is 5.91 Å². The number of nitrogens with zero attached hydrogens (tertiary/aromatic N) is 3. The summed E-state index contributed by atoms with van der Waals surface area (Å²) in [6.07, 6.45) is 2.73. The number of carbonyl (C=O) groups excluding carboxylic acids is 1. The number of pyridine rings is 1. The van der Waals surface area contributed by atoms with Crippen LogP contribution in [0.2, 0.25) is 0 Å². The Morgan fingerprint density at radius 1 is 1.15 bits per heavy atom. The van der Waals surface area contributed by atoms with Crippen molar-refractivity contribution in [3.8, 4) is 11.6 Å². The van der Waals surface area contributed by atoms with Gasteiger partial charge in [0.15, 0.2) is 5.82 Å². The van der Waals surface area contributed by atoms with Gasteiger partial charge in [-0.1, -0.05) is 12.1 Å². The minimum atomic E-state index is -0.0403. The third kappa shape index (κ3) is 4.27. The third-order valence-electron chi connectivity index (χ3n) is 4.06. The molecule has 0 bridgehead atoms. The molecule has 1 amide bonds. The highest BCUT2D eigenvalue weighted by molar-refractivity contribution is 5.90. The topological polar surface area (TPSA) is 69.0 Å². The van der Waals surface area contributed by atoms with Gasteiger partial charge in [0, 0.05) is 12.1 Å². The lowest BCUT2D eigenvalue weighted by Gasteiger charge is -2.07. The summed E-state index contributed by atoms with van der Waals surface area (Å²) < 4.78 is 6.91. The van der Waals surface area contributed by atoms with Crippen LogP contribution in [-0.4, -0.2) is 27.8 Å². The first-order valence-electron chi connectivity index (χ1n) is 8.47. The van der Waals surface area contributed by atoms with Crippen molar-refractivity contribution >= 4 is 11.6 Å². The number of aryl methyl sites for hydroxylation is 3. The SMILES string of the molecule is COc1ccc(CCC(=O)Nc2ccc(-n3nc(C)cc3C)nc2)cc1. The molecule has 2 heterocycles. The highest BCUT2D eigenvalue weighted by atomic mass is 16.5. The number of amides is 1. The molecule has 0 saturated heterocycles. The number of hydrogen-bond acceptors (Lipinski definition) is 4. The van der Waals surface area contributed by atoms with Crippen LogP contribution in [0.3, 0.4) is 0 Å². The Balaban J connectivity index is 1.56. The number of methoxy groups -OCH3 is 1. The van der Waals surface area contributed by atoms with Crippen LogP contribution in [0.5, 0.6) is 5.75 Å². The largest absolute Gasteiger partial charge is 0.497 e. The lowest BCUT2D eigenvalue weighted by atomic mass is 10.1. The Morgan fingerprint density at radius 3 is 2.50 bits per heavy atom. The fourth-order valence-corrected chi connectivity index (χ4v) is 2.72. The Kier molecular flexibility index (Phi) is 5.31. The maximum Gasteiger partial charge on any atom is 0.224 e. The minimum Gasteiger partial charge on any atom is -0.497 e. The highest BCUT2D eigenvalue weighted by Crippen LogP contribution is 2.15. The molecule has 3 aromatic rings. The lowest BCUT2D eigenvalue weighted by Crippen LogP contribution is -2.13. The lowest BCUT2D eigenvalue weighted by molar-refractivity contribution is -0.116. The van der Waals surface area contributed by atoms with E-state index in [1.165, 1.54) is 0 Å². The van der Waals surface area contributed by atoms with Gasteiger partial charge in [-0.05, 0) is 56.2 Å². The van der Waals surface area contributed by atoms with Crippen LogP contribution in [0, 0.1) is 13.8 Å². The maximum absolute atomic E-state index is 12.1. The Bertz CT molecular complexity index is 883. The smallest absolute Gasteiger partial charge is 0.224 e. The summed E-state index contributed by atoms with van der Waals surface area (Å²) in [6, 6.07) is 13.4. The maximum atomic E-state index is 12.1. The van der Waals surface area contributed by atoms with Crippen LogP contribution in [0.1, 0.15) is 23.4 Å². The molecule has 134 valence electrons. The molecule has 0 spiro atoms. The summed E-state index contributed by atoms with van der Waals surface area (Å²) in [7, 11) is 1.64. The van der Waals surface area contributed by atoms with E-state index in [1.54, 1.807) is 18.0 Å². The number of benzene rings is 1. The second-order valence-corrected chi connectivity index (χ2v) is 6.14. The zero-order valence-electron chi connectivity index (χ0n) is 15.2. The number of carbonyl (C=O) groups is 1. The van der Waals surface area contributed by atoms with E-state index in [2.05, 4.69) is 15.4 Å². The van der Waals surface area contributed by atoms with Gasteiger partial charge in [-0.25, -0.2) is 9.67 Å². The zero-order chi connectivity index (χ0) is 18.5. The van der Waals surface area contributed by atoms with Crippen molar-refractivity contribution in [2.45, 2.75) is 26.7 Å². The van der Waals surface area contributed by atoms with E-state index in [0.717, 1.165) is 28.5 Å². The number of aromatic nitrogens is 3. The molecule has 0 aliphatic rings. The average Bonchev–Trinajstić information content (AvgIpc) is 2.99. The van der Waals surface area contributed by atoms with Gasteiger partial charge in [0.25, 0.3) is 0 Å². The molecule has 0 saturated carbocycles. The molecule has 0 atom stereocenters. The molecule has 2 aromatic heterocycles. The summed E-state index contributed by atoms with van der Waals surface area (Å²) >= 11 is 0. The van der Waals surface area contributed by atoms with Crippen molar-refractivity contribution < 1.29 is 9.53 Å². The Hall–Kier alpha value is -3.15. The van der Waals surface area contributed by atoms with Crippen molar-refractivity contribution in [1.29, 1.82) is 0 Å². The molecule has 6 heteroatoms. The average molecular weight is 350 g/mol. The first-order chi connectivity index (χ1) is 12.5. The van der Waals surface area contributed by atoms with Gasteiger partial charge < -0.3 is 10.1 Å². The molecule has 6 nitrogen and oxygen atoms in total. The number of anilines is 1. The first kappa shape index (κ1) is 17.7. The second-order valence-electron chi connectivity index (χ2n) is 6.14. The second kappa shape index (κ2) is 7.82. The molecule has 3 rings (SSSR count). The summed E-state index contributed by atoms with van der Waals surface area (Å²) in [5, 5.41) is 7.28. The molecule has 0 radical (unpaired) electrons. The van der Waals surface area contributed by atoms with Crippen molar-refractivity contribution in [2.75, 3.05) is 12.4 Å². The van der Waals surface area contributed by atoms with Gasteiger partial charge in [-0.2, -0.15) is 5.10 Å². The van der Waals surface area contributed by atoms with Crippen LogP contribution in [-0.2, 0) is 11.2 Å². The summed E-state index contributed by atoms with van der Waals surface area (Å²) in [5.74, 6) is 1.50. The van der Waals surface area contributed by atoms with E-state index >= 15 is 0 Å². The summed E-state index contributed by atoms with van der Waals surface area (Å²) in [5.41, 5.74) is 3.74. The van der Waals surface area contributed by atoms with Gasteiger partial charge >= 0.3 is 0 Å². The predicted molar refractivity (Wildman–Crippen MR) is 101 cm³/mol. The van der Waals surface area contributed by atoms with Crippen molar-refractivity contribution in [1.82, 2.24) is 14.8 Å². The highest BCUT2D eigenvalue weighted by Gasteiger charge is 2.07. The quantitative estimate of drug-likeness (QED) is 0.739. The van der Waals surface area contributed by atoms with Crippen LogP contribution >= 0.6 is 0 Å². The predicted octanol–water partition coefficient (Wildman–Crippen LogP) is 3.46. The standard InChI is InChI=1S/C20H22N4O2/c1-14-12-15(2)24(23-14)19-10-7-17(13-21-19)22-20(25)11-6-16-4-8-18(26-3)9-5-16/h4-5,7-10,12-13H,6,11H2,1-3H3,(H,22,25). The fraction of sp³-hybridized carbons (Fsp3) is 0.250. The van der Waals surface area contributed by atoms with Crippen LogP contribution in [0.15, 0.2) is 48.7 Å². The molecular weight excluding hydrogens is 328 g/mol. The molecule has 26 heavy (non-hydrogen) atoms. The van der Waals surface area contributed by atoms with Crippen LogP contribution in [0.4, 0.5) is 5.69 Å². The fourth-order valence-electron chi connectivity index (χ4n) is 2.72. The number of nitrogens with one attached hydrogen (secondary N) is 1. The van der Waals surface area contributed by atoms with Crippen LogP contribution < -0.4 is 10.1 Å². The molecule has 0 unspecified atom stereocenters. The number of hydrogen-bond donors (Lipinski definition) is 1. The van der Waals surface area contributed by atoms with E-state index in [-0.39, 0.29) is 5.91 Å². The monoisotopic (exact) mass is 350 g/mol. The molecule has 1 N–H and O–H groups in total. The van der Waals surface area contributed by atoms with Gasteiger partial charge in [0.1, 0.15) is 5.75 Å². The van der Waals surface area contributed by atoms with E-state index in [4.69, 9.17) is 4.74 Å². The third-order valence-corrected chi connectivity index (χ3v) is 4.06. The Morgan fingerprint density at radius 2 is 1.92 bits per heavy atom. The van der Waals surface area contributed by atoms with Gasteiger partial charge in [-0.3, -0.25) is 4.79 Å². The molecule has 0 aliphatic heterocycles. The molecule has 0 fully saturated rings. The van der Waals surface area contributed by atoms with E-state index in [1.807, 2.05) is 56.3 Å².